The Bertz CT molecular complexity index is 402. The summed E-state index contributed by atoms with van der Waals surface area (Å²) in [5, 5.41) is 0. The first-order chi connectivity index (χ1) is 6.84. The molecule has 2 aromatic rings. The van der Waals surface area contributed by atoms with Crippen LogP contribution in [0.5, 0.6) is 11.6 Å². The van der Waals surface area contributed by atoms with Crippen LogP contribution in [-0.2, 0) is 0 Å². The van der Waals surface area contributed by atoms with Gasteiger partial charge in [0.1, 0.15) is 5.75 Å². The maximum atomic E-state index is 5.44. The van der Waals surface area contributed by atoms with Gasteiger partial charge in [-0.15, -0.1) is 0 Å². The average Bonchev–Trinajstić information content (AvgIpc) is 2.23. The van der Waals surface area contributed by atoms with Crippen LogP contribution in [0.15, 0.2) is 47.3 Å². The Hall–Kier alpha value is -1.42. The van der Waals surface area contributed by atoms with Gasteiger partial charge in [-0.2, -0.15) is 0 Å². The van der Waals surface area contributed by atoms with Crippen molar-refractivity contribution in [3.8, 4) is 11.6 Å². The number of rotatable bonds is 2. The molecule has 0 N–H and O–H groups in total. The number of benzene rings is 1. The molecule has 0 aliphatic rings. The monoisotopic (exact) mass is 250 g/mol. The third-order valence-corrected chi connectivity index (χ3v) is 2.10. The Balaban J connectivity index is 2.16. The first-order valence-electron chi connectivity index (χ1n) is 4.04. The molecular formula is C10H7BrN2O. The van der Waals surface area contributed by atoms with E-state index in [1.165, 1.54) is 0 Å². The van der Waals surface area contributed by atoms with E-state index in [0.29, 0.717) is 5.88 Å². The molecule has 4 heteroatoms. The van der Waals surface area contributed by atoms with Crippen LogP contribution in [0.1, 0.15) is 0 Å². The van der Waals surface area contributed by atoms with E-state index in [2.05, 4.69) is 25.9 Å². The lowest BCUT2D eigenvalue weighted by atomic mass is 10.3. The first kappa shape index (κ1) is 9.15. The Kier molecular flexibility index (Phi) is 2.74. The topological polar surface area (TPSA) is 35.0 Å². The maximum absolute atomic E-state index is 5.44. The van der Waals surface area contributed by atoms with Crippen molar-refractivity contribution in [2.45, 2.75) is 0 Å². The van der Waals surface area contributed by atoms with Crippen LogP contribution in [0.4, 0.5) is 0 Å². The molecule has 0 radical (unpaired) electrons. The van der Waals surface area contributed by atoms with Gasteiger partial charge in [-0.05, 0) is 24.3 Å². The summed E-state index contributed by atoms with van der Waals surface area (Å²) < 4.78 is 6.46. The van der Waals surface area contributed by atoms with E-state index in [-0.39, 0.29) is 0 Å². The molecule has 1 heterocycles. The van der Waals surface area contributed by atoms with E-state index >= 15 is 0 Å². The van der Waals surface area contributed by atoms with Gasteiger partial charge in [-0.1, -0.05) is 15.9 Å². The summed E-state index contributed by atoms with van der Waals surface area (Å²) in [6.45, 7) is 0. The Labute approximate surface area is 89.9 Å². The second-order valence-electron chi connectivity index (χ2n) is 2.60. The highest BCUT2D eigenvalue weighted by Gasteiger charge is 1.96. The van der Waals surface area contributed by atoms with Gasteiger partial charge < -0.3 is 4.74 Å². The molecule has 14 heavy (non-hydrogen) atoms. The van der Waals surface area contributed by atoms with Crippen LogP contribution in [-0.4, -0.2) is 9.97 Å². The predicted octanol–water partition coefficient (Wildman–Crippen LogP) is 3.03. The molecule has 0 saturated heterocycles. The minimum absolute atomic E-state index is 0.495. The summed E-state index contributed by atoms with van der Waals surface area (Å²) >= 11 is 3.35. The van der Waals surface area contributed by atoms with Crippen LogP contribution in [0.2, 0.25) is 0 Å². The molecule has 1 aromatic heterocycles. The van der Waals surface area contributed by atoms with Crippen molar-refractivity contribution < 1.29 is 4.74 Å². The molecule has 0 saturated carbocycles. The second-order valence-corrected chi connectivity index (χ2v) is 3.52. The zero-order valence-electron chi connectivity index (χ0n) is 7.22. The van der Waals surface area contributed by atoms with Crippen LogP contribution < -0.4 is 4.74 Å². The first-order valence-corrected chi connectivity index (χ1v) is 4.83. The van der Waals surface area contributed by atoms with E-state index in [0.717, 1.165) is 10.2 Å². The van der Waals surface area contributed by atoms with Crippen molar-refractivity contribution >= 4 is 15.9 Å². The highest BCUT2D eigenvalue weighted by molar-refractivity contribution is 9.10. The number of ether oxygens (including phenoxy) is 1. The van der Waals surface area contributed by atoms with E-state index in [4.69, 9.17) is 4.74 Å². The summed E-state index contributed by atoms with van der Waals surface area (Å²) in [4.78, 5) is 7.90. The number of aromatic nitrogens is 2. The molecule has 2 rings (SSSR count). The van der Waals surface area contributed by atoms with Gasteiger partial charge in [0.2, 0.25) is 5.88 Å². The minimum Gasteiger partial charge on any atom is -0.438 e. The number of hydrogen-bond donors (Lipinski definition) is 0. The zero-order valence-corrected chi connectivity index (χ0v) is 8.81. The smallest absolute Gasteiger partial charge is 0.237 e. The summed E-state index contributed by atoms with van der Waals surface area (Å²) in [5.74, 6) is 1.24. The van der Waals surface area contributed by atoms with Gasteiger partial charge in [-0.3, -0.25) is 4.98 Å². The lowest BCUT2D eigenvalue weighted by Gasteiger charge is -2.02. The summed E-state index contributed by atoms with van der Waals surface area (Å²) in [6, 6.07) is 7.54. The second kappa shape index (κ2) is 4.19. The van der Waals surface area contributed by atoms with E-state index < -0.39 is 0 Å². The SMILES string of the molecule is Brc1ccc(Oc2cnccn2)cc1. The minimum atomic E-state index is 0.495. The average molecular weight is 251 g/mol. The molecule has 0 amide bonds. The van der Waals surface area contributed by atoms with Crippen molar-refractivity contribution in [1.82, 2.24) is 9.97 Å². The van der Waals surface area contributed by atoms with Crippen LogP contribution >= 0.6 is 15.9 Å². The number of halogens is 1. The molecule has 70 valence electrons. The lowest BCUT2D eigenvalue weighted by Crippen LogP contribution is -1.87. The zero-order chi connectivity index (χ0) is 9.80. The fraction of sp³-hybridized carbons (Fsp3) is 0. The van der Waals surface area contributed by atoms with Crippen molar-refractivity contribution in [3.05, 3.63) is 47.3 Å². The van der Waals surface area contributed by atoms with Gasteiger partial charge in [0.25, 0.3) is 0 Å². The molecule has 0 bridgehead atoms. The third-order valence-electron chi connectivity index (χ3n) is 1.58. The molecule has 0 unspecified atom stereocenters. The standard InChI is InChI=1S/C10H7BrN2O/c11-8-1-3-9(4-2-8)14-10-7-12-5-6-13-10/h1-7H. The molecule has 1 aromatic carbocycles. The van der Waals surface area contributed by atoms with Crippen molar-refractivity contribution in [1.29, 1.82) is 0 Å². The van der Waals surface area contributed by atoms with Crippen LogP contribution in [0.25, 0.3) is 0 Å². The quantitative estimate of drug-likeness (QED) is 0.822. The largest absolute Gasteiger partial charge is 0.438 e. The molecule has 0 spiro atoms. The fourth-order valence-corrected chi connectivity index (χ4v) is 1.23. The molecule has 0 aliphatic heterocycles. The number of nitrogens with zero attached hydrogens (tertiary/aromatic N) is 2. The molecule has 0 atom stereocenters. The van der Waals surface area contributed by atoms with Crippen molar-refractivity contribution in [2.75, 3.05) is 0 Å². The number of hydrogen-bond acceptors (Lipinski definition) is 3. The summed E-state index contributed by atoms with van der Waals surface area (Å²) in [5.41, 5.74) is 0. The van der Waals surface area contributed by atoms with Crippen LogP contribution in [0, 0.1) is 0 Å². The normalized spacial score (nSPS) is 9.79. The van der Waals surface area contributed by atoms with E-state index in [9.17, 15) is 0 Å². The van der Waals surface area contributed by atoms with Gasteiger partial charge >= 0.3 is 0 Å². The van der Waals surface area contributed by atoms with E-state index in [1.54, 1.807) is 18.6 Å². The maximum Gasteiger partial charge on any atom is 0.237 e. The Morgan fingerprint density at radius 2 is 1.86 bits per heavy atom. The van der Waals surface area contributed by atoms with Crippen molar-refractivity contribution in [2.24, 2.45) is 0 Å². The molecular weight excluding hydrogens is 244 g/mol. The van der Waals surface area contributed by atoms with Crippen molar-refractivity contribution in [3.63, 3.8) is 0 Å². The van der Waals surface area contributed by atoms with Gasteiger partial charge in [0.05, 0.1) is 6.20 Å². The molecule has 0 fully saturated rings. The summed E-state index contributed by atoms with van der Waals surface area (Å²) in [6.07, 6.45) is 4.77. The van der Waals surface area contributed by atoms with E-state index in [1.807, 2.05) is 24.3 Å². The summed E-state index contributed by atoms with van der Waals surface area (Å²) in [7, 11) is 0. The van der Waals surface area contributed by atoms with Crippen LogP contribution in [0.3, 0.4) is 0 Å². The third kappa shape index (κ3) is 2.29. The Morgan fingerprint density at radius 3 is 2.50 bits per heavy atom. The van der Waals surface area contributed by atoms with Gasteiger partial charge in [0.15, 0.2) is 0 Å². The molecule has 3 nitrogen and oxygen atoms in total. The molecule has 0 aliphatic carbocycles. The fourth-order valence-electron chi connectivity index (χ4n) is 0.962. The van der Waals surface area contributed by atoms with Gasteiger partial charge in [0, 0.05) is 16.9 Å². The lowest BCUT2D eigenvalue weighted by molar-refractivity contribution is 0.460. The highest BCUT2D eigenvalue weighted by atomic mass is 79.9. The van der Waals surface area contributed by atoms with Gasteiger partial charge in [-0.25, -0.2) is 4.98 Å². The Morgan fingerprint density at radius 1 is 1.07 bits per heavy atom. The highest BCUT2D eigenvalue weighted by Crippen LogP contribution is 2.20. The predicted molar refractivity (Wildman–Crippen MR) is 56.2 cm³/mol.